The molecule has 2 rings (SSSR count). The third-order valence-corrected chi connectivity index (χ3v) is 1.97. The van der Waals surface area contributed by atoms with Crippen molar-refractivity contribution in [3.8, 4) is 0 Å². The Morgan fingerprint density at radius 1 is 1.41 bits per heavy atom. The Morgan fingerprint density at radius 2 is 2.24 bits per heavy atom. The molecule has 0 aromatic carbocycles. The minimum absolute atomic E-state index is 0.264. The lowest BCUT2D eigenvalue weighted by Gasteiger charge is -2.04. The maximum absolute atomic E-state index is 11.5. The van der Waals surface area contributed by atoms with E-state index in [4.69, 9.17) is 0 Å². The van der Waals surface area contributed by atoms with Crippen LogP contribution >= 0.6 is 0 Å². The molecular weight excluding hydrogens is 226 g/mol. The van der Waals surface area contributed by atoms with E-state index in [0.717, 1.165) is 16.8 Å². The molecule has 0 atom stereocenters. The number of carbonyl (C=O) groups excluding carboxylic acids is 1. The monoisotopic (exact) mass is 235 g/mol. The van der Waals surface area contributed by atoms with Crippen molar-refractivity contribution in [1.82, 2.24) is 20.0 Å². The van der Waals surface area contributed by atoms with Crippen molar-refractivity contribution in [3.05, 3.63) is 45.2 Å². The number of aromatic amines is 2. The summed E-state index contributed by atoms with van der Waals surface area (Å²) < 4.78 is 0.928. The van der Waals surface area contributed by atoms with Crippen molar-refractivity contribution in [1.29, 1.82) is 0 Å². The molecule has 17 heavy (non-hydrogen) atoms. The van der Waals surface area contributed by atoms with Gasteiger partial charge >= 0.3 is 0 Å². The smallest absolute Gasteiger partial charge is 0.265 e. The molecule has 0 saturated heterocycles. The minimum Gasteiger partial charge on any atom is -0.322 e. The molecule has 1 amide bonds. The van der Waals surface area contributed by atoms with Gasteiger partial charge in [-0.05, 0) is 0 Å². The lowest BCUT2D eigenvalue weighted by atomic mass is 10.5. The number of aromatic nitrogens is 4. The number of carbonyl (C=O) groups is 1. The molecule has 0 fully saturated rings. The fourth-order valence-electron chi connectivity index (χ4n) is 1.24. The van der Waals surface area contributed by atoms with Gasteiger partial charge in [-0.25, -0.2) is 4.68 Å². The van der Waals surface area contributed by atoms with Crippen LogP contribution < -0.4 is 16.4 Å². The highest BCUT2D eigenvalue weighted by Gasteiger charge is 2.05. The van der Waals surface area contributed by atoms with Crippen LogP contribution in [0.2, 0.25) is 0 Å². The second-order valence-electron chi connectivity index (χ2n) is 3.27. The maximum atomic E-state index is 11.5. The van der Waals surface area contributed by atoms with Gasteiger partial charge in [-0.1, -0.05) is 0 Å². The SMILES string of the molecule is O=C(Cn1[nH]c(=O)ccc1=O)Nc1cn[nH]c1. The lowest BCUT2D eigenvalue weighted by molar-refractivity contribution is -0.117. The Hall–Kier alpha value is -2.64. The molecule has 8 heteroatoms. The molecule has 3 N–H and O–H groups in total. The Kier molecular flexibility index (Phi) is 2.86. The van der Waals surface area contributed by atoms with E-state index in [2.05, 4.69) is 20.6 Å². The second kappa shape index (κ2) is 4.47. The Labute approximate surface area is 94.3 Å². The van der Waals surface area contributed by atoms with Gasteiger partial charge < -0.3 is 5.32 Å². The van der Waals surface area contributed by atoms with Gasteiger partial charge in [-0.15, -0.1) is 0 Å². The Bertz CT molecular complexity index is 625. The van der Waals surface area contributed by atoms with Gasteiger partial charge in [-0.3, -0.25) is 24.6 Å². The Morgan fingerprint density at radius 3 is 2.94 bits per heavy atom. The van der Waals surface area contributed by atoms with Gasteiger partial charge in [0.1, 0.15) is 6.54 Å². The van der Waals surface area contributed by atoms with Crippen LogP contribution in [0, 0.1) is 0 Å². The zero-order valence-electron chi connectivity index (χ0n) is 8.64. The van der Waals surface area contributed by atoms with Crippen LogP contribution in [0.3, 0.4) is 0 Å². The summed E-state index contributed by atoms with van der Waals surface area (Å²) in [5, 5.41) is 10.9. The van der Waals surface area contributed by atoms with Crippen molar-refractivity contribution in [2.45, 2.75) is 6.54 Å². The minimum atomic E-state index is -0.452. The summed E-state index contributed by atoms with van der Waals surface area (Å²) in [7, 11) is 0. The van der Waals surface area contributed by atoms with Gasteiger partial charge in [0.2, 0.25) is 5.91 Å². The highest BCUT2D eigenvalue weighted by atomic mass is 16.2. The number of hydrogen-bond donors (Lipinski definition) is 3. The average Bonchev–Trinajstić information content (AvgIpc) is 2.76. The normalized spacial score (nSPS) is 10.1. The summed E-state index contributed by atoms with van der Waals surface area (Å²) in [6, 6.07) is 2.21. The molecule has 0 unspecified atom stereocenters. The molecule has 8 nitrogen and oxygen atoms in total. The van der Waals surface area contributed by atoms with Crippen molar-refractivity contribution < 1.29 is 4.79 Å². The van der Waals surface area contributed by atoms with Crippen LogP contribution in [0.15, 0.2) is 34.1 Å². The van der Waals surface area contributed by atoms with E-state index in [-0.39, 0.29) is 6.54 Å². The number of anilines is 1. The lowest BCUT2D eigenvalue weighted by Crippen LogP contribution is -2.32. The zero-order chi connectivity index (χ0) is 12.3. The van der Waals surface area contributed by atoms with E-state index in [1.807, 2.05) is 0 Å². The maximum Gasteiger partial charge on any atom is 0.265 e. The molecule has 0 saturated carbocycles. The van der Waals surface area contributed by atoms with Crippen molar-refractivity contribution in [3.63, 3.8) is 0 Å². The molecule has 0 aliphatic carbocycles. The van der Waals surface area contributed by atoms with E-state index in [1.54, 1.807) is 0 Å². The molecule has 2 heterocycles. The van der Waals surface area contributed by atoms with Crippen LogP contribution in [-0.2, 0) is 11.3 Å². The largest absolute Gasteiger partial charge is 0.322 e. The van der Waals surface area contributed by atoms with E-state index < -0.39 is 17.0 Å². The molecule has 0 aliphatic heterocycles. The molecule has 0 aliphatic rings. The van der Waals surface area contributed by atoms with Gasteiger partial charge in [0, 0.05) is 18.3 Å². The fraction of sp³-hybridized carbons (Fsp3) is 0.111. The highest BCUT2D eigenvalue weighted by Crippen LogP contribution is 2.00. The molecule has 88 valence electrons. The predicted octanol–water partition coefficient (Wildman–Crippen LogP) is -1.10. The van der Waals surface area contributed by atoms with Crippen LogP contribution in [0.1, 0.15) is 0 Å². The molecular formula is C9H9N5O3. The first-order valence-corrected chi connectivity index (χ1v) is 4.74. The summed E-state index contributed by atoms with van der Waals surface area (Å²) in [6.45, 7) is -0.264. The number of nitrogens with zero attached hydrogens (tertiary/aromatic N) is 2. The third kappa shape index (κ3) is 2.68. The third-order valence-electron chi connectivity index (χ3n) is 1.97. The number of rotatable bonds is 3. The first kappa shape index (κ1) is 10.9. The summed E-state index contributed by atoms with van der Waals surface area (Å²) >= 11 is 0. The topological polar surface area (TPSA) is 113 Å². The highest BCUT2D eigenvalue weighted by molar-refractivity contribution is 5.90. The summed E-state index contributed by atoms with van der Waals surface area (Å²) in [6.07, 6.45) is 2.92. The van der Waals surface area contributed by atoms with E-state index >= 15 is 0 Å². The van der Waals surface area contributed by atoms with Crippen LogP contribution in [0.25, 0.3) is 0 Å². The van der Waals surface area contributed by atoms with E-state index in [9.17, 15) is 14.4 Å². The number of nitrogens with one attached hydrogen (secondary N) is 3. The van der Waals surface area contributed by atoms with Gasteiger partial charge in [0.25, 0.3) is 11.1 Å². The molecule has 0 bridgehead atoms. The van der Waals surface area contributed by atoms with Crippen molar-refractivity contribution >= 4 is 11.6 Å². The van der Waals surface area contributed by atoms with Gasteiger partial charge in [-0.2, -0.15) is 5.10 Å². The van der Waals surface area contributed by atoms with Gasteiger partial charge in [0.05, 0.1) is 11.9 Å². The molecule has 0 radical (unpaired) electrons. The number of amides is 1. The standard InChI is InChI=1S/C9H9N5O3/c15-7-1-2-9(17)14(13-7)5-8(16)12-6-3-10-11-4-6/h1-4H,5H2,(H,10,11)(H,12,16)(H,13,15). The van der Waals surface area contributed by atoms with Crippen molar-refractivity contribution in [2.24, 2.45) is 0 Å². The first-order valence-electron chi connectivity index (χ1n) is 4.74. The average molecular weight is 235 g/mol. The summed E-state index contributed by atoms with van der Waals surface area (Å²) in [5.41, 5.74) is -0.408. The Balaban J connectivity index is 2.11. The number of H-pyrrole nitrogens is 2. The first-order chi connectivity index (χ1) is 8.15. The molecule has 0 spiro atoms. The predicted molar refractivity (Wildman–Crippen MR) is 58.5 cm³/mol. The quantitative estimate of drug-likeness (QED) is 0.626. The van der Waals surface area contributed by atoms with Gasteiger partial charge in [0.15, 0.2) is 0 Å². The zero-order valence-corrected chi connectivity index (χ0v) is 8.64. The summed E-state index contributed by atoms with van der Waals surface area (Å²) in [4.78, 5) is 33.8. The molecule has 2 aromatic heterocycles. The van der Waals surface area contributed by atoms with Crippen LogP contribution in [-0.4, -0.2) is 25.9 Å². The fourth-order valence-corrected chi connectivity index (χ4v) is 1.24. The second-order valence-corrected chi connectivity index (χ2v) is 3.27. The summed E-state index contributed by atoms with van der Waals surface area (Å²) in [5.74, 6) is -0.435. The van der Waals surface area contributed by atoms with E-state index in [1.165, 1.54) is 12.4 Å². The van der Waals surface area contributed by atoms with E-state index in [0.29, 0.717) is 5.69 Å². The van der Waals surface area contributed by atoms with Crippen LogP contribution in [0.5, 0.6) is 0 Å². The van der Waals surface area contributed by atoms with Crippen molar-refractivity contribution in [2.75, 3.05) is 5.32 Å². The molecule has 2 aromatic rings. The number of hydrogen-bond acceptors (Lipinski definition) is 4. The van der Waals surface area contributed by atoms with Crippen LogP contribution in [0.4, 0.5) is 5.69 Å².